The van der Waals surface area contributed by atoms with E-state index < -0.39 is 11.6 Å². The Morgan fingerprint density at radius 2 is 2.11 bits per heavy atom. The Bertz CT molecular complexity index is 620. The second-order valence-electron chi connectivity index (χ2n) is 6.95. The first-order valence-corrected chi connectivity index (χ1v) is 9.34. The Labute approximate surface area is 183 Å². The van der Waals surface area contributed by atoms with Crippen LogP contribution in [-0.4, -0.2) is 69.9 Å². The van der Waals surface area contributed by atoms with Crippen LogP contribution in [0.25, 0.3) is 0 Å². The van der Waals surface area contributed by atoms with E-state index in [1.807, 2.05) is 0 Å². The van der Waals surface area contributed by atoms with Gasteiger partial charge in [0.1, 0.15) is 12.4 Å². The van der Waals surface area contributed by atoms with Crippen LogP contribution in [0.4, 0.5) is 8.78 Å². The SMILES string of the molecule is CN=C(NCCOc1ccc(F)c(F)c1)NCC1CN(CC(C)C)CCO1.I. The van der Waals surface area contributed by atoms with Crippen molar-refractivity contribution in [2.75, 3.05) is 53.0 Å². The summed E-state index contributed by atoms with van der Waals surface area (Å²) >= 11 is 0. The van der Waals surface area contributed by atoms with E-state index in [-0.39, 0.29) is 30.1 Å². The fourth-order valence-corrected chi connectivity index (χ4v) is 2.92. The van der Waals surface area contributed by atoms with Gasteiger partial charge >= 0.3 is 0 Å². The first kappa shape index (κ1) is 24.8. The number of guanidine groups is 1. The molecule has 0 bridgehead atoms. The van der Waals surface area contributed by atoms with Crippen LogP contribution in [-0.2, 0) is 4.74 Å². The number of ether oxygens (including phenoxy) is 2. The molecule has 1 aromatic carbocycles. The van der Waals surface area contributed by atoms with E-state index in [2.05, 4.69) is 34.4 Å². The molecule has 1 atom stereocenters. The zero-order chi connectivity index (χ0) is 19.6. The molecule has 1 fully saturated rings. The summed E-state index contributed by atoms with van der Waals surface area (Å²) < 4.78 is 37.2. The standard InChI is InChI=1S/C19H30F2N4O2.HI/c1-14(2)12-25-7-9-27-16(13-25)11-24-19(22-3)23-6-8-26-15-4-5-17(20)18(21)10-15;/h4-5,10,14,16H,6-9,11-13H2,1-3H3,(H2,22,23,24);1H. The molecular weight excluding hydrogens is 481 g/mol. The van der Waals surface area contributed by atoms with E-state index in [9.17, 15) is 8.78 Å². The van der Waals surface area contributed by atoms with Crippen molar-refractivity contribution in [2.45, 2.75) is 20.0 Å². The lowest BCUT2D eigenvalue weighted by Crippen LogP contribution is -2.50. The van der Waals surface area contributed by atoms with E-state index in [4.69, 9.17) is 9.47 Å². The molecule has 1 heterocycles. The van der Waals surface area contributed by atoms with E-state index in [0.29, 0.717) is 37.3 Å². The topological polar surface area (TPSA) is 58.1 Å². The van der Waals surface area contributed by atoms with Gasteiger partial charge in [-0.3, -0.25) is 9.89 Å². The number of hydrogen-bond donors (Lipinski definition) is 2. The van der Waals surface area contributed by atoms with Crippen LogP contribution >= 0.6 is 24.0 Å². The summed E-state index contributed by atoms with van der Waals surface area (Å²) in [4.78, 5) is 6.59. The van der Waals surface area contributed by atoms with Crippen molar-refractivity contribution >= 4 is 29.9 Å². The van der Waals surface area contributed by atoms with E-state index >= 15 is 0 Å². The normalized spacial score (nSPS) is 17.9. The minimum Gasteiger partial charge on any atom is -0.492 e. The highest BCUT2D eigenvalue weighted by atomic mass is 127. The Hall–Kier alpha value is -1.20. The van der Waals surface area contributed by atoms with Crippen LogP contribution in [0.2, 0.25) is 0 Å². The van der Waals surface area contributed by atoms with Crippen LogP contribution in [0, 0.1) is 17.6 Å². The molecule has 1 unspecified atom stereocenters. The van der Waals surface area contributed by atoms with Gasteiger partial charge in [-0.25, -0.2) is 8.78 Å². The maximum absolute atomic E-state index is 13.1. The predicted octanol–water partition coefficient (Wildman–Crippen LogP) is 2.48. The van der Waals surface area contributed by atoms with Gasteiger partial charge in [-0.1, -0.05) is 13.8 Å². The van der Waals surface area contributed by atoms with Crippen molar-refractivity contribution in [3.8, 4) is 5.75 Å². The lowest BCUT2D eigenvalue weighted by Gasteiger charge is -2.34. The van der Waals surface area contributed by atoms with Gasteiger partial charge < -0.3 is 20.1 Å². The van der Waals surface area contributed by atoms with Gasteiger partial charge in [0.2, 0.25) is 0 Å². The van der Waals surface area contributed by atoms with Crippen molar-refractivity contribution in [1.82, 2.24) is 15.5 Å². The highest BCUT2D eigenvalue weighted by molar-refractivity contribution is 14.0. The minimum atomic E-state index is -0.920. The molecule has 0 spiro atoms. The Balaban J connectivity index is 0.00000392. The molecule has 9 heteroatoms. The van der Waals surface area contributed by atoms with Gasteiger partial charge in [0, 0.05) is 39.3 Å². The molecule has 28 heavy (non-hydrogen) atoms. The van der Waals surface area contributed by atoms with Crippen LogP contribution in [0.3, 0.4) is 0 Å². The fourth-order valence-electron chi connectivity index (χ4n) is 2.92. The molecule has 2 rings (SSSR count). The average molecular weight is 512 g/mol. The second-order valence-corrected chi connectivity index (χ2v) is 6.95. The number of halogens is 3. The molecular formula is C19H31F2IN4O2. The lowest BCUT2D eigenvalue weighted by molar-refractivity contribution is -0.0284. The Kier molecular flexibility index (Phi) is 11.6. The summed E-state index contributed by atoms with van der Waals surface area (Å²) in [6, 6.07) is 3.48. The molecule has 1 aliphatic rings. The molecule has 0 radical (unpaired) electrons. The summed E-state index contributed by atoms with van der Waals surface area (Å²) in [5.74, 6) is -0.229. The zero-order valence-corrected chi connectivity index (χ0v) is 19.0. The van der Waals surface area contributed by atoms with E-state index in [1.165, 1.54) is 6.07 Å². The fraction of sp³-hybridized carbons (Fsp3) is 0.632. The number of benzene rings is 1. The van der Waals surface area contributed by atoms with E-state index in [1.54, 1.807) is 7.05 Å². The van der Waals surface area contributed by atoms with Crippen LogP contribution in [0.15, 0.2) is 23.2 Å². The molecule has 0 aliphatic carbocycles. The first-order chi connectivity index (χ1) is 13.0. The Morgan fingerprint density at radius 3 is 2.79 bits per heavy atom. The quantitative estimate of drug-likeness (QED) is 0.243. The van der Waals surface area contributed by atoms with Crippen molar-refractivity contribution in [3.05, 3.63) is 29.8 Å². The molecule has 2 N–H and O–H groups in total. The largest absolute Gasteiger partial charge is 0.492 e. The molecule has 1 aliphatic heterocycles. The number of nitrogens with one attached hydrogen (secondary N) is 2. The van der Waals surface area contributed by atoms with Crippen LogP contribution < -0.4 is 15.4 Å². The van der Waals surface area contributed by atoms with Gasteiger partial charge in [0.25, 0.3) is 0 Å². The maximum Gasteiger partial charge on any atom is 0.191 e. The molecule has 1 saturated heterocycles. The molecule has 1 aromatic rings. The average Bonchev–Trinajstić information content (AvgIpc) is 2.64. The minimum absolute atomic E-state index is 0. The molecule has 0 saturated carbocycles. The Morgan fingerprint density at radius 1 is 1.32 bits per heavy atom. The van der Waals surface area contributed by atoms with Crippen molar-refractivity contribution in [1.29, 1.82) is 0 Å². The zero-order valence-electron chi connectivity index (χ0n) is 16.7. The van der Waals surface area contributed by atoms with Gasteiger partial charge in [-0.2, -0.15) is 0 Å². The number of hydrogen-bond acceptors (Lipinski definition) is 4. The lowest BCUT2D eigenvalue weighted by atomic mass is 10.2. The highest BCUT2D eigenvalue weighted by Crippen LogP contribution is 2.15. The summed E-state index contributed by atoms with van der Waals surface area (Å²) in [7, 11) is 1.69. The van der Waals surface area contributed by atoms with Crippen LogP contribution in [0.1, 0.15) is 13.8 Å². The molecule has 0 aromatic heterocycles. The van der Waals surface area contributed by atoms with Gasteiger partial charge in [-0.05, 0) is 18.1 Å². The van der Waals surface area contributed by atoms with Crippen LogP contribution in [0.5, 0.6) is 5.75 Å². The van der Waals surface area contributed by atoms with Crippen molar-refractivity contribution in [2.24, 2.45) is 10.9 Å². The monoisotopic (exact) mass is 512 g/mol. The maximum atomic E-state index is 13.1. The summed E-state index contributed by atoms with van der Waals surface area (Å²) in [6.45, 7) is 9.58. The third-order valence-corrected chi connectivity index (χ3v) is 4.12. The van der Waals surface area contributed by atoms with E-state index in [0.717, 1.165) is 38.4 Å². The third kappa shape index (κ3) is 8.87. The van der Waals surface area contributed by atoms with Gasteiger partial charge in [-0.15, -0.1) is 24.0 Å². The number of aliphatic imine (C=N–C) groups is 1. The van der Waals surface area contributed by atoms with Crippen molar-refractivity contribution in [3.63, 3.8) is 0 Å². The smallest absolute Gasteiger partial charge is 0.191 e. The summed E-state index contributed by atoms with van der Waals surface area (Å²) in [5, 5.41) is 6.38. The highest BCUT2D eigenvalue weighted by Gasteiger charge is 2.21. The molecule has 160 valence electrons. The number of nitrogens with zero attached hydrogens (tertiary/aromatic N) is 2. The summed E-state index contributed by atoms with van der Waals surface area (Å²) in [6.07, 6.45) is 0.120. The molecule has 6 nitrogen and oxygen atoms in total. The third-order valence-electron chi connectivity index (χ3n) is 4.12. The first-order valence-electron chi connectivity index (χ1n) is 9.34. The number of rotatable bonds is 8. The van der Waals surface area contributed by atoms with Crippen molar-refractivity contribution < 1.29 is 18.3 Å². The summed E-state index contributed by atoms with van der Waals surface area (Å²) in [5.41, 5.74) is 0. The number of morpholine rings is 1. The van der Waals surface area contributed by atoms with Gasteiger partial charge in [0.05, 0.1) is 19.3 Å². The predicted molar refractivity (Wildman–Crippen MR) is 118 cm³/mol. The van der Waals surface area contributed by atoms with Gasteiger partial charge in [0.15, 0.2) is 17.6 Å². The molecule has 0 amide bonds. The second kappa shape index (κ2) is 13.1.